The average Bonchev–Trinajstić information content (AvgIpc) is 2.30. The topological polar surface area (TPSA) is 24.5 Å². The zero-order valence-corrected chi connectivity index (χ0v) is 9.80. The molecule has 0 amide bonds. The first-order chi connectivity index (χ1) is 8.07. The molecule has 1 aliphatic heterocycles. The van der Waals surface area contributed by atoms with Gasteiger partial charge in [-0.1, -0.05) is 12.8 Å². The lowest BCUT2D eigenvalue weighted by molar-refractivity contribution is -0.194. The monoisotopic (exact) mass is 252 g/mol. The lowest BCUT2D eigenvalue weighted by Gasteiger charge is -2.38. The summed E-state index contributed by atoms with van der Waals surface area (Å²) in [6.07, 6.45) is -1.64. The SMILES string of the molecule is FC(F)(F)C1CCCCC1NN1CCOCC1. The Balaban J connectivity index is 1.91. The molecule has 0 aromatic heterocycles. The van der Waals surface area contributed by atoms with E-state index < -0.39 is 18.1 Å². The molecule has 0 aromatic carbocycles. The minimum atomic E-state index is -4.08. The maximum atomic E-state index is 12.9. The summed E-state index contributed by atoms with van der Waals surface area (Å²) in [7, 11) is 0. The molecule has 3 nitrogen and oxygen atoms in total. The van der Waals surface area contributed by atoms with E-state index in [1.807, 2.05) is 5.01 Å². The van der Waals surface area contributed by atoms with Gasteiger partial charge in [-0.15, -0.1) is 0 Å². The summed E-state index contributed by atoms with van der Waals surface area (Å²) in [5, 5.41) is 1.87. The highest BCUT2D eigenvalue weighted by Crippen LogP contribution is 2.37. The first kappa shape index (κ1) is 13.1. The van der Waals surface area contributed by atoms with E-state index in [1.54, 1.807) is 0 Å². The fourth-order valence-electron chi connectivity index (χ4n) is 2.60. The number of hydrazine groups is 1. The minimum absolute atomic E-state index is 0.255. The van der Waals surface area contributed by atoms with Crippen LogP contribution in [0.15, 0.2) is 0 Å². The van der Waals surface area contributed by atoms with Gasteiger partial charge < -0.3 is 4.74 Å². The third-order valence-corrected chi connectivity index (χ3v) is 3.55. The fourth-order valence-corrected chi connectivity index (χ4v) is 2.60. The number of hydrogen-bond donors (Lipinski definition) is 1. The van der Waals surface area contributed by atoms with Crippen LogP contribution < -0.4 is 5.43 Å². The number of ether oxygens (including phenoxy) is 1. The van der Waals surface area contributed by atoms with Gasteiger partial charge in [-0.2, -0.15) is 13.2 Å². The maximum Gasteiger partial charge on any atom is 0.393 e. The highest BCUT2D eigenvalue weighted by atomic mass is 19.4. The van der Waals surface area contributed by atoms with E-state index >= 15 is 0 Å². The van der Waals surface area contributed by atoms with Crippen molar-refractivity contribution < 1.29 is 17.9 Å². The van der Waals surface area contributed by atoms with E-state index in [0.29, 0.717) is 39.1 Å². The second-order valence-corrected chi connectivity index (χ2v) is 4.77. The van der Waals surface area contributed by atoms with Gasteiger partial charge in [-0.05, 0) is 12.8 Å². The van der Waals surface area contributed by atoms with E-state index in [1.165, 1.54) is 0 Å². The Hall–Kier alpha value is -0.330. The van der Waals surface area contributed by atoms with Crippen LogP contribution in [0.5, 0.6) is 0 Å². The van der Waals surface area contributed by atoms with Gasteiger partial charge in [0.2, 0.25) is 0 Å². The van der Waals surface area contributed by atoms with E-state index in [9.17, 15) is 13.2 Å². The van der Waals surface area contributed by atoms with Gasteiger partial charge in [0.1, 0.15) is 0 Å². The molecule has 0 spiro atoms. The molecule has 2 fully saturated rings. The third-order valence-electron chi connectivity index (χ3n) is 3.55. The van der Waals surface area contributed by atoms with Gasteiger partial charge in [-0.25, -0.2) is 5.01 Å². The van der Waals surface area contributed by atoms with E-state index in [4.69, 9.17) is 4.74 Å². The summed E-state index contributed by atoms with van der Waals surface area (Å²) >= 11 is 0. The Kier molecular flexibility index (Phi) is 4.27. The molecule has 2 atom stereocenters. The Morgan fingerprint density at radius 3 is 2.35 bits per heavy atom. The highest BCUT2D eigenvalue weighted by molar-refractivity contribution is 4.85. The van der Waals surface area contributed by atoms with E-state index in [-0.39, 0.29) is 6.42 Å². The van der Waals surface area contributed by atoms with Crippen molar-refractivity contribution >= 4 is 0 Å². The predicted octanol–water partition coefficient (Wildman–Crippen LogP) is 1.94. The van der Waals surface area contributed by atoms with Crippen LogP contribution in [0.25, 0.3) is 0 Å². The normalized spacial score (nSPS) is 32.6. The zero-order chi connectivity index (χ0) is 12.3. The quantitative estimate of drug-likeness (QED) is 0.813. The van der Waals surface area contributed by atoms with Crippen LogP contribution in [0.3, 0.4) is 0 Å². The number of hydrogen-bond acceptors (Lipinski definition) is 3. The maximum absolute atomic E-state index is 12.9. The molecule has 0 aromatic rings. The van der Waals surface area contributed by atoms with Crippen molar-refractivity contribution in [1.82, 2.24) is 10.4 Å². The van der Waals surface area contributed by atoms with Crippen molar-refractivity contribution in [2.24, 2.45) is 5.92 Å². The molecular weight excluding hydrogens is 233 g/mol. The second-order valence-electron chi connectivity index (χ2n) is 4.77. The van der Waals surface area contributed by atoms with Crippen LogP contribution in [0.1, 0.15) is 25.7 Å². The summed E-state index contributed by atoms with van der Waals surface area (Å²) in [4.78, 5) is 0. The largest absolute Gasteiger partial charge is 0.393 e. The van der Waals surface area contributed by atoms with Crippen LogP contribution in [-0.4, -0.2) is 43.5 Å². The first-order valence-electron chi connectivity index (χ1n) is 6.23. The Bertz CT molecular complexity index is 241. The Labute approximate surface area is 99.3 Å². The lowest BCUT2D eigenvalue weighted by Crippen LogP contribution is -2.55. The summed E-state index contributed by atoms with van der Waals surface area (Å²) in [6, 6.07) is -0.457. The number of alkyl halides is 3. The lowest BCUT2D eigenvalue weighted by atomic mass is 9.84. The minimum Gasteiger partial charge on any atom is -0.379 e. The molecule has 2 rings (SSSR count). The van der Waals surface area contributed by atoms with Crippen molar-refractivity contribution in [3.63, 3.8) is 0 Å². The first-order valence-corrected chi connectivity index (χ1v) is 6.23. The molecule has 2 aliphatic rings. The number of rotatable bonds is 2. The Morgan fingerprint density at radius 1 is 1.06 bits per heavy atom. The molecule has 1 heterocycles. The van der Waals surface area contributed by atoms with Crippen molar-refractivity contribution in [2.45, 2.75) is 37.9 Å². The number of nitrogens with one attached hydrogen (secondary N) is 1. The molecule has 2 unspecified atom stereocenters. The predicted molar refractivity (Wildman–Crippen MR) is 57.3 cm³/mol. The van der Waals surface area contributed by atoms with Gasteiger partial charge in [0.25, 0.3) is 0 Å². The molecule has 0 radical (unpaired) electrons. The second kappa shape index (κ2) is 5.54. The van der Waals surface area contributed by atoms with Gasteiger partial charge in [0, 0.05) is 19.1 Å². The Morgan fingerprint density at radius 2 is 1.71 bits per heavy atom. The number of nitrogens with zero attached hydrogens (tertiary/aromatic N) is 1. The number of halogens is 3. The molecular formula is C11H19F3N2O. The molecule has 1 N–H and O–H groups in total. The molecule has 0 bridgehead atoms. The summed E-state index contributed by atoms with van der Waals surface area (Å²) in [5.74, 6) is -1.20. The molecule has 1 aliphatic carbocycles. The molecule has 17 heavy (non-hydrogen) atoms. The highest BCUT2D eigenvalue weighted by Gasteiger charge is 2.45. The molecule has 1 saturated carbocycles. The average molecular weight is 252 g/mol. The third kappa shape index (κ3) is 3.56. The van der Waals surface area contributed by atoms with Crippen LogP contribution in [0, 0.1) is 5.92 Å². The van der Waals surface area contributed by atoms with E-state index in [2.05, 4.69) is 5.43 Å². The molecule has 6 heteroatoms. The molecule has 1 saturated heterocycles. The van der Waals surface area contributed by atoms with Crippen molar-refractivity contribution in [2.75, 3.05) is 26.3 Å². The van der Waals surface area contributed by atoms with Crippen LogP contribution in [0.2, 0.25) is 0 Å². The van der Waals surface area contributed by atoms with Gasteiger partial charge in [-0.3, -0.25) is 5.43 Å². The van der Waals surface area contributed by atoms with Gasteiger partial charge in [0.05, 0.1) is 19.1 Å². The van der Waals surface area contributed by atoms with Crippen LogP contribution in [0.4, 0.5) is 13.2 Å². The molecule has 100 valence electrons. The standard InChI is InChI=1S/C11H19F3N2O/c12-11(13,14)9-3-1-2-4-10(9)15-16-5-7-17-8-6-16/h9-10,15H,1-8H2. The van der Waals surface area contributed by atoms with Crippen molar-refractivity contribution in [1.29, 1.82) is 0 Å². The van der Waals surface area contributed by atoms with Crippen molar-refractivity contribution in [3.05, 3.63) is 0 Å². The zero-order valence-electron chi connectivity index (χ0n) is 9.80. The smallest absolute Gasteiger partial charge is 0.379 e. The fraction of sp³-hybridized carbons (Fsp3) is 1.00. The summed E-state index contributed by atoms with van der Waals surface area (Å²) < 4.78 is 43.8. The number of morpholine rings is 1. The summed E-state index contributed by atoms with van der Waals surface area (Å²) in [5.41, 5.74) is 3.05. The summed E-state index contributed by atoms with van der Waals surface area (Å²) in [6.45, 7) is 2.52. The van der Waals surface area contributed by atoms with Crippen LogP contribution >= 0.6 is 0 Å². The van der Waals surface area contributed by atoms with Gasteiger partial charge >= 0.3 is 6.18 Å². The van der Waals surface area contributed by atoms with Gasteiger partial charge in [0.15, 0.2) is 0 Å². The van der Waals surface area contributed by atoms with E-state index in [0.717, 1.165) is 6.42 Å². The van der Waals surface area contributed by atoms with Crippen LogP contribution in [-0.2, 0) is 4.74 Å². The van der Waals surface area contributed by atoms with Crippen molar-refractivity contribution in [3.8, 4) is 0 Å².